The Hall–Kier alpha value is -2.63. The Kier molecular flexibility index (Phi) is 6.12. The maximum Gasteiger partial charge on any atom is 0.673 e. The van der Waals surface area contributed by atoms with Gasteiger partial charge >= 0.3 is 7.25 Å². The highest BCUT2D eigenvalue weighted by molar-refractivity contribution is 6.50. The van der Waals surface area contributed by atoms with Gasteiger partial charge in [0.1, 0.15) is 0 Å². The second-order valence-corrected chi connectivity index (χ2v) is 5.11. The first-order valence-electron chi connectivity index (χ1n) is 7.37. The van der Waals surface area contributed by atoms with E-state index in [4.69, 9.17) is 0 Å². The Morgan fingerprint density at radius 2 is 1.04 bits per heavy atom. The monoisotopic (exact) mass is 333 g/mol. The van der Waals surface area contributed by atoms with E-state index in [1.54, 1.807) is 0 Å². The van der Waals surface area contributed by atoms with Crippen molar-refractivity contribution >= 4 is 7.25 Å². The summed E-state index contributed by atoms with van der Waals surface area (Å²) in [5.74, 6) is 0. The topological polar surface area (TPSA) is 3.88 Å². The van der Waals surface area contributed by atoms with Crippen molar-refractivity contribution in [1.82, 2.24) is 0 Å². The van der Waals surface area contributed by atoms with Crippen LogP contribution in [-0.2, 0) is 6.54 Å². The SMILES string of the molecule is F[B-](F)(F)F.c1ccc(C[n+]2ccc(-c3ccccc3)cc2)cc1. The van der Waals surface area contributed by atoms with Crippen LogP contribution in [0.5, 0.6) is 0 Å². The van der Waals surface area contributed by atoms with Gasteiger partial charge in [-0.1, -0.05) is 60.7 Å². The maximum atomic E-state index is 9.75. The molecule has 0 spiro atoms. The summed E-state index contributed by atoms with van der Waals surface area (Å²) >= 11 is 0. The number of halogens is 4. The molecule has 1 nitrogen and oxygen atoms in total. The quantitative estimate of drug-likeness (QED) is 0.361. The van der Waals surface area contributed by atoms with Gasteiger partial charge in [0, 0.05) is 17.7 Å². The summed E-state index contributed by atoms with van der Waals surface area (Å²) < 4.78 is 41.2. The molecule has 0 saturated heterocycles. The molecule has 24 heavy (non-hydrogen) atoms. The predicted molar refractivity (Wildman–Crippen MR) is 87.8 cm³/mol. The van der Waals surface area contributed by atoms with Gasteiger partial charge in [0.15, 0.2) is 18.9 Å². The Bertz CT molecular complexity index is 722. The lowest BCUT2D eigenvalue weighted by atomic mass is 10.1. The predicted octanol–water partition coefficient (Wildman–Crippen LogP) is 4.99. The molecule has 0 fully saturated rings. The molecule has 0 aliphatic heterocycles. The zero-order valence-electron chi connectivity index (χ0n) is 12.8. The highest BCUT2D eigenvalue weighted by Gasteiger charge is 2.20. The van der Waals surface area contributed by atoms with Gasteiger partial charge in [0.05, 0.1) is 0 Å². The van der Waals surface area contributed by atoms with Gasteiger partial charge in [-0.05, 0) is 11.1 Å². The van der Waals surface area contributed by atoms with Gasteiger partial charge in [-0.15, -0.1) is 0 Å². The standard InChI is InChI=1S/C18H16N.BF4/c1-3-7-16(8-4-1)15-19-13-11-18(12-14-19)17-9-5-2-6-10-17;2-1(3,4)5/h1-14H,15H2;/q+1;-1. The lowest BCUT2D eigenvalue weighted by molar-refractivity contribution is -0.688. The summed E-state index contributed by atoms with van der Waals surface area (Å²) in [6, 6.07) is 25.3. The van der Waals surface area contributed by atoms with Crippen molar-refractivity contribution in [2.75, 3.05) is 0 Å². The molecule has 0 aliphatic carbocycles. The molecule has 3 aromatic rings. The van der Waals surface area contributed by atoms with Crippen LogP contribution in [0.1, 0.15) is 5.56 Å². The van der Waals surface area contributed by atoms with Crippen LogP contribution in [0.3, 0.4) is 0 Å². The number of nitrogens with zero attached hydrogens (tertiary/aromatic N) is 1. The van der Waals surface area contributed by atoms with Crippen molar-refractivity contribution in [3.05, 3.63) is 90.8 Å². The highest BCUT2D eigenvalue weighted by atomic mass is 19.5. The first kappa shape index (κ1) is 17.7. The normalized spacial score (nSPS) is 10.7. The Morgan fingerprint density at radius 1 is 0.625 bits per heavy atom. The molecule has 124 valence electrons. The van der Waals surface area contributed by atoms with Crippen LogP contribution in [0.15, 0.2) is 85.2 Å². The Labute approximate surface area is 138 Å². The fourth-order valence-corrected chi connectivity index (χ4v) is 2.18. The Morgan fingerprint density at radius 3 is 1.54 bits per heavy atom. The van der Waals surface area contributed by atoms with Crippen molar-refractivity contribution in [3.63, 3.8) is 0 Å². The van der Waals surface area contributed by atoms with Crippen LogP contribution in [0, 0.1) is 0 Å². The largest absolute Gasteiger partial charge is 0.673 e. The molecule has 2 aromatic carbocycles. The lowest BCUT2D eigenvalue weighted by Gasteiger charge is -2.01. The molecule has 0 aliphatic rings. The zero-order valence-corrected chi connectivity index (χ0v) is 12.8. The van der Waals surface area contributed by atoms with Crippen LogP contribution in [-0.4, -0.2) is 7.25 Å². The summed E-state index contributed by atoms with van der Waals surface area (Å²) in [5.41, 5.74) is 3.83. The third-order valence-electron chi connectivity index (χ3n) is 3.21. The van der Waals surface area contributed by atoms with E-state index in [-0.39, 0.29) is 0 Å². The van der Waals surface area contributed by atoms with E-state index in [2.05, 4.69) is 77.6 Å². The second-order valence-electron chi connectivity index (χ2n) is 5.11. The first-order valence-corrected chi connectivity index (χ1v) is 7.37. The molecular formula is C18H16BF4N. The fourth-order valence-electron chi connectivity index (χ4n) is 2.18. The summed E-state index contributed by atoms with van der Waals surface area (Å²) in [4.78, 5) is 0. The van der Waals surface area contributed by atoms with E-state index >= 15 is 0 Å². The van der Waals surface area contributed by atoms with Crippen LogP contribution < -0.4 is 4.57 Å². The molecule has 0 saturated carbocycles. The van der Waals surface area contributed by atoms with E-state index in [0.717, 1.165) is 6.54 Å². The summed E-state index contributed by atoms with van der Waals surface area (Å²) in [6.07, 6.45) is 4.27. The average molecular weight is 333 g/mol. The third kappa shape index (κ3) is 6.65. The minimum Gasteiger partial charge on any atom is -0.418 e. The van der Waals surface area contributed by atoms with Crippen molar-refractivity contribution in [2.45, 2.75) is 6.54 Å². The van der Waals surface area contributed by atoms with Gasteiger partial charge in [-0.3, -0.25) is 0 Å². The third-order valence-corrected chi connectivity index (χ3v) is 3.21. The van der Waals surface area contributed by atoms with Gasteiger partial charge in [0.25, 0.3) is 0 Å². The number of hydrogen-bond acceptors (Lipinski definition) is 0. The molecule has 0 atom stereocenters. The van der Waals surface area contributed by atoms with E-state index in [0.29, 0.717) is 0 Å². The van der Waals surface area contributed by atoms with Crippen molar-refractivity contribution < 1.29 is 21.8 Å². The van der Waals surface area contributed by atoms with Gasteiger partial charge < -0.3 is 17.3 Å². The molecule has 6 heteroatoms. The van der Waals surface area contributed by atoms with Crippen LogP contribution in [0.25, 0.3) is 11.1 Å². The number of rotatable bonds is 3. The van der Waals surface area contributed by atoms with Gasteiger partial charge in [-0.2, -0.15) is 0 Å². The zero-order chi connectivity index (χ0) is 17.4. The molecule has 1 aromatic heterocycles. The number of benzene rings is 2. The molecule has 0 unspecified atom stereocenters. The summed E-state index contributed by atoms with van der Waals surface area (Å²) in [7, 11) is -6.00. The molecule has 1 heterocycles. The molecule has 0 bridgehead atoms. The van der Waals surface area contributed by atoms with Crippen LogP contribution in [0.4, 0.5) is 17.3 Å². The second kappa shape index (κ2) is 8.29. The minimum atomic E-state index is -6.00. The van der Waals surface area contributed by atoms with E-state index in [1.807, 2.05) is 12.1 Å². The van der Waals surface area contributed by atoms with Crippen LogP contribution in [0.2, 0.25) is 0 Å². The van der Waals surface area contributed by atoms with E-state index in [9.17, 15) is 17.3 Å². The highest BCUT2D eigenvalue weighted by Crippen LogP contribution is 2.16. The first-order chi connectivity index (χ1) is 11.4. The van der Waals surface area contributed by atoms with Crippen molar-refractivity contribution in [2.24, 2.45) is 0 Å². The van der Waals surface area contributed by atoms with Gasteiger partial charge in [0.2, 0.25) is 0 Å². The molecule has 3 rings (SSSR count). The van der Waals surface area contributed by atoms with Crippen LogP contribution >= 0.6 is 0 Å². The summed E-state index contributed by atoms with van der Waals surface area (Å²) in [5, 5.41) is 0. The summed E-state index contributed by atoms with van der Waals surface area (Å²) in [6.45, 7) is 0.913. The molecule has 0 N–H and O–H groups in total. The van der Waals surface area contributed by atoms with Crippen molar-refractivity contribution in [3.8, 4) is 11.1 Å². The number of hydrogen-bond donors (Lipinski definition) is 0. The van der Waals surface area contributed by atoms with E-state index in [1.165, 1.54) is 16.7 Å². The maximum absolute atomic E-state index is 9.75. The van der Waals surface area contributed by atoms with E-state index < -0.39 is 7.25 Å². The van der Waals surface area contributed by atoms with Crippen molar-refractivity contribution in [1.29, 1.82) is 0 Å². The fraction of sp³-hybridized carbons (Fsp3) is 0.0556. The smallest absolute Gasteiger partial charge is 0.418 e. The lowest BCUT2D eigenvalue weighted by Crippen LogP contribution is -2.32. The molecule has 0 radical (unpaired) electrons. The minimum absolute atomic E-state index is 0.913. The molecular weight excluding hydrogens is 317 g/mol. The number of pyridine rings is 1. The Balaban J connectivity index is 0.000000368. The number of aromatic nitrogens is 1. The molecule has 0 amide bonds. The van der Waals surface area contributed by atoms with Gasteiger partial charge in [-0.25, -0.2) is 4.57 Å². The average Bonchev–Trinajstić information content (AvgIpc) is 2.56.